The van der Waals surface area contributed by atoms with Crippen LogP contribution in [0.1, 0.15) is 495 Å². The van der Waals surface area contributed by atoms with Crippen LogP contribution in [0.15, 0.2) is 0 Å². The molecule has 0 fully saturated rings. The Labute approximate surface area is 891 Å². The van der Waals surface area contributed by atoms with Crippen LogP contribution in [0, 0.1) is 0 Å². The first kappa shape index (κ1) is 146. The van der Waals surface area contributed by atoms with Crippen molar-refractivity contribution in [2.45, 2.75) is 568 Å². The summed E-state index contributed by atoms with van der Waals surface area (Å²) in [5, 5.41) is 79.5. The lowest BCUT2D eigenvalue weighted by Crippen LogP contribution is -2.37. The Bertz CT molecular complexity index is 3370. The zero-order valence-corrected chi connectivity index (χ0v) is 93.8. The van der Waals surface area contributed by atoms with Crippen LogP contribution in [0.5, 0.6) is 0 Å². The van der Waals surface area contributed by atoms with Crippen LogP contribution < -0.4 is 31.9 Å². The van der Waals surface area contributed by atoms with Gasteiger partial charge < -0.3 is 105 Å². The van der Waals surface area contributed by atoms with E-state index in [2.05, 4.69) is 52.7 Å². The number of carbonyl (C=O) groups excluding carboxylic acids is 17. The molecule has 0 radical (unpaired) electrons. The van der Waals surface area contributed by atoms with E-state index in [4.69, 9.17) is 42.6 Å². The third-order valence-corrected chi connectivity index (χ3v) is 24.0. The lowest BCUT2D eigenvalue weighted by molar-refractivity contribution is -0.164. The van der Waals surface area contributed by atoms with E-state index in [1.54, 1.807) is 20.8 Å². The molecule has 0 bridgehead atoms. The van der Waals surface area contributed by atoms with E-state index in [9.17, 15) is 112 Å². The van der Waals surface area contributed by atoms with Gasteiger partial charge in [0.25, 0.3) is 0 Å². The second-order valence-corrected chi connectivity index (χ2v) is 38.2. The van der Waals surface area contributed by atoms with Gasteiger partial charge in [-0.05, 0) is 186 Å². The number of ketones is 2. The predicted molar refractivity (Wildman–Crippen MR) is 567 cm³/mol. The van der Waals surface area contributed by atoms with Crippen molar-refractivity contribution in [2.75, 3.05) is 39.8 Å². The van der Waals surface area contributed by atoms with Gasteiger partial charge in [0.2, 0.25) is 35.4 Å². The van der Waals surface area contributed by atoms with E-state index in [1.165, 1.54) is 0 Å². The highest BCUT2D eigenvalue weighted by Gasteiger charge is 2.31. The van der Waals surface area contributed by atoms with E-state index in [-0.39, 0.29) is 169 Å². The molecule has 149 heavy (non-hydrogen) atoms. The number of carbonyl (C=O) groups is 17. The van der Waals surface area contributed by atoms with Crippen LogP contribution in [0.3, 0.4) is 0 Å². The first-order valence-electron chi connectivity index (χ1n) is 56.8. The van der Waals surface area contributed by atoms with E-state index >= 15 is 0 Å². The average Bonchev–Trinajstić information content (AvgIpc) is 0.888. The lowest BCUT2D eigenvalue weighted by atomic mass is 10.0. The Balaban J connectivity index is -0.00000101. The molecule has 38 nitrogen and oxygen atoms in total. The highest BCUT2D eigenvalue weighted by Crippen LogP contribution is 2.25. The number of unbranched alkanes of at least 4 members (excludes halogenated alkanes) is 18. The Morgan fingerprint density at radius 2 is 0.349 bits per heavy atom. The highest BCUT2D eigenvalue weighted by molar-refractivity contribution is 5.99. The zero-order valence-electron chi connectivity index (χ0n) is 93.8. The Hall–Kier alpha value is -8.85. The highest BCUT2D eigenvalue weighted by atomic mass is 16.6. The number of rotatable bonds is 93. The number of aliphatic hydroxyl groups excluding tert-OH is 6. The van der Waals surface area contributed by atoms with E-state index in [0.717, 1.165) is 128 Å². The summed E-state index contributed by atoms with van der Waals surface area (Å²) in [6.07, 6.45) is 25.8. The smallest absolute Gasteiger partial charge is 0.317 e. The van der Waals surface area contributed by atoms with Gasteiger partial charge in [-0.15, -0.1) is 0 Å². The maximum absolute atomic E-state index is 12.2. The molecule has 12 N–H and O–H groups in total. The lowest BCUT2D eigenvalue weighted by Gasteiger charge is -2.23. The monoisotopic (exact) mass is 2130 g/mol. The molecule has 0 spiro atoms. The summed E-state index contributed by atoms with van der Waals surface area (Å²) in [5.41, 5.74) is 0. The number of nitrogens with one attached hydrogen (secondary N) is 6. The molecule has 38 heteroatoms. The fourth-order valence-corrected chi connectivity index (χ4v) is 15.3. The van der Waals surface area contributed by atoms with Gasteiger partial charge in [0, 0.05) is 70.6 Å². The normalized spacial score (nSPS) is 13.3. The van der Waals surface area contributed by atoms with Crippen molar-refractivity contribution in [1.29, 1.82) is 0 Å². The predicted octanol–water partition coefficient (Wildman–Crippen LogP) is 16.4. The van der Waals surface area contributed by atoms with Crippen molar-refractivity contribution in [2.24, 2.45) is 0 Å². The van der Waals surface area contributed by atoms with Crippen molar-refractivity contribution in [3.63, 3.8) is 0 Å². The van der Waals surface area contributed by atoms with Crippen molar-refractivity contribution in [3.05, 3.63) is 0 Å². The average molecular weight is 2130 g/mol. The molecule has 12 unspecified atom stereocenters. The number of esters is 9. The quantitative estimate of drug-likeness (QED) is 0.00884. The number of hydrogen-bond donors (Lipinski definition) is 12. The second kappa shape index (κ2) is 102. The molecular formula is C111H202N6O32. The van der Waals surface area contributed by atoms with Crippen LogP contribution in [-0.2, 0) is 124 Å². The molecule has 0 aliphatic heterocycles. The van der Waals surface area contributed by atoms with Crippen LogP contribution >= 0.6 is 0 Å². The van der Waals surface area contributed by atoms with Gasteiger partial charge >= 0.3 is 53.7 Å². The molecule has 0 aromatic carbocycles. The summed E-state index contributed by atoms with van der Waals surface area (Å²) >= 11 is 0. The van der Waals surface area contributed by atoms with Crippen molar-refractivity contribution < 1.29 is 155 Å². The summed E-state index contributed by atoms with van der Waals surface area (Å²) in [6, 6.07) is 0. The maximum atomic E-state index is 12.2. The number of Topliss-reactive ketones (excluding diaryl/α,β-unsaturated/α-hetero) is 2. The minimum absolute atomic E-state index is 0.00549. The van der Waals surface area contributed by atoms with Gasteiger partial charge in [-0.25, -0.2) is 0 Å². The van der Waals surface area contributed by atoms with Crippen LogP contribution in [0.25, 0.3) is 0 Å². The third kappa shape index (κ3) is 91.5. The fourth-order valence-electron chi connectivity index (χ4n) is 15.3. The van der Waals surface area contributed by atoms with Crippen LogP contribution in [0.2, 0.25) is 0 Å². The third-order valence-electron chi connectivity index (χ3n) is 24.0. The largest absolute Gasteiger partial charge is 0.465 e. The topological polar surface area (TPSA) is 567 Å². The van der Waals surface area contributed by atoms with Crippen LogP contribution in [0.4, 0.5) is 0 Å². The standard InChI is InChI=1S/C37H66N2O12.C34H62N2O10.C31H58N2O8.C9H16O2/c1-5-9-11-19-30(50-36(46)25-34(44)48-23-7-3)28(40)17-13-15-21-32(42)38-27-39-33(43)22-16-14-18-29(41)31(20-12-10-6-2)51-37(47)26-35(45)49-24-8-4;1-5-9-11-19-28(45-32(41)8-4)26(37)17-13-15-21-30(39)35-25-36-31(40)22-16-14-18-27(38)29(20-12-10-6-2)46-34(43)24-33(42)44-23-7-3;1-5-9-11-19-26(40-30(38)7-3)24(34)17-13-15-21-28(36)32-23-33-29(37)22-16-14-18-25(35)27(20-12-10-6-2)41-31(39)8-4;1-3-5-8(10)7-9(11)6-4-2/h28-31,40-41H,5-27H2,1-4H3,(H,38,42)(H,39,43);26-29,37-38H,5-25H2,1-4H3,(H,35,39)(H,36,40);24-27,34-35H,5-23H2,1-4H3,(H,32,36)(H,33,37);3-7H2,1-2H3. The van der Waals surface area contributed by atoms with Gasteiger partial charge in [0.05, 0.1) is 82.9 Å². The Kier molecular flexibility index (Phi) is 100. The SMILES string of the molecule is CCCC(=O)CC(=O)CCC.CCCCCC(OC(=O)CC(=O)OCCC)C(O)CCCCC(=O)NCNC(=O)CCCCC(O)C(CCCCC)OC(=O)CC(=O)OCCC.CCCCCC(OC(=O)CC)C(O)CCCCC(=O)NCNC(=O)CCCCC(O)C(CCCCC)OC(=O)CC.CCCCCC(OC(=O)CC)C(O)CCCCC(=O)NCNC(=O)CCCCC(O)C(CCCCC)OC(=O)CC(=O)OCCC. The van der Waals surface area contributed by atoms with Gasteiger partial charge in [0.15, 0.2) is 0 Å². The van der Waals surface area contributed by atoms with E-state index in [1.807, 2.05) is 55.4 Å². The number of amides is 6. The summed E-state index contributed by atoms with van der Waals surface area (Å²) < 4.78 is 47.3. The zero-order chi connectivity index (χ0) is 112. The molecule has 0 rings (SSSR count). The molecule has 0 aliphatic rings. The minimum Gasteiger partial charge on any atom is -0.465 e. The van der Waals surface area contributed by atoms with E-state index in [0.29, 0.717) is 186 Å². The summed E-state index contributed by atoms with van der Waals surface area (Å²) in [4.78, 5) is 202. The van der Waals surface area contributed by atoms with Gasteiger partial charge in [-0.3, -0.25) is 81.5 Å². The van der Waals surface area contributed by atoms with Crippen molar-refractivity contribution in [1.82, 2.24) is 31.9 Å². The second-order valence-electron chi connectivity index (χ2n) is 38.2. The molecule has 0 saturated carbocycles. The summed E-state index contributed by atoms with van der Waals surface area (Å²) in [5.74, 6) is -6.25. The Morgan fingerprint density at radius 3 is 0.503 bits per heavy atom. The molecule has 0 saturated heterocycles. The molecule has 0 aromatic heterocycles. The molecule has 868 valence electrons. The molecule has 0 aliphatic carbocycles. The molecular weight excluding hydrogens is 1930 g/mol. The number of aliphatic hydroxyl groups is 6. The first-order valence-corrected chi connectivity index (χ1v) is 56.8. The fraction of sp³-hybridized carbons (Fsp3) is 0.847. The molecule has 6 amide bonds. The number of hydrogen-bond acceptors (Lipinski definition) is 32. The molecule has 0 aromatic rings. The van der Waals surface area contributed by atoms with Gasteiger partial charge in [0.1, 0.15) is 67.5 Å². The summed E-state index contributed by atoms with van der Waals surface area (Å²) in [7, 11) is 0. The van der Waals surface area contributed by atoms with Gasteiger partial charge in [-0.1, -0.05) is 213 Å². The Morgan fingerprint density at radius 1 is 0.181 bits per heavy atom. The number of ether oxygens (including phenoxy) is 9. The summed E-state index contributed by atoms with van der Waals surface area (Å²) in [6.45, 7) is 27.7. The van der Waals surface area contributed by atoms with Crippen molar-refractivity contribution in [3.8, 4) is 0 Å². The van der Waals surface area contributed by atoms with E-state index < -0.39 is 128 Å². The molecule has 12 atom stereocenters. The van der Waals surface area contributed by atoms with Crippen LogP contribution in [-0.4, -0.2) is 244 Å². The first-order chi connectivity index (χ1) is 71.4. The van der Waals surface area contributed by atoms with Gasteiger partial charge in [-0.2, -0.15) is 0 Å². The minimum atomic E-state index is -0.927. The molecule has 0 heterocycles. The maximum Gasteiger partial charge on any atom is 0.317 e. The van der Waals surface area contributed by atoms with Crippen molar-refractivity contribution >= 4 is 101 Å².